The summed E-state index contributed by atoms with van der Waals surface area (Å²) in [5.74, 6) is -0.284. The molecule has 0 bridgehead atoms. The first-order chi connectivity index (χ1) is 8.38. The van der Waals surface area contributed by atoms with Crippen LogP contribution in [0.1, 0.15) is 17.7 Å². The van der Waals surface area contributed by atoms with Crippen LogP contribution in [0.5, 0.6) is 0 Å². The fraction of sp³-hybridized carbons (Fsp3) is 0.500. The minimum Gasteiger partial charge on any atom is -0.352 e. The van der Waals surface area contributed by atoms with Crippen molar-refractivity contribution < 1.29 is 13.2 Å². The zero-order valence-corrected chi connectivity index (χ0v) is 12.9. The standard InChI is InChI=1S/C10H13BrN2O3S2/c1-6-8(4-9(11)17-6)18(15,16)12-5-10(14)13-7-2-3-7/h4,7,12H,2-3,5H2,1H3,(H,13,14). The maximum atomic E-state index is 12.0. The number of nitrogens with one attached hydrogen (secondary N) is 2. The average molecular weight is 353 g/mol. The van der Waals surface area contributed by atoms with Crippen LogP contribution in [0, 0.1) is 6.92 Å². The summed E-state index contributed by atoms with van der Waals surface area (Å²) < 4.78 is 27.0. The second-order valence-electron chi connectivity index (χ2n) is 4.14. The molecule has 100 valence electrons. The Morgan fingerprint density at radius 3 is 2.72 bits per heavy atom. The molecule has 1 amide bonds. The van der Waals surface area contributed by atoms with Crippen molar-refractivity contribution in [3.63, 3.8) is 0 Å². The fourth-order valence-electron chi connectivity index (χ4n) is 1.44. The third-order valence-corrected chi connectivity index (χ3v) is 5.71. The van der Waals surface area contributed by atoms with Gasteiger partial charge in [0, 0.05) is 10.9 Å². The number of amides is 1. The Bertz CT molecular complexity index is 564. The van der Waals surface area contributed by atoms with Crippen molar-refractivity contribution in [2.75, 3.05) is 6.54 Å². The molecule has 1 saturated carbocycles. The number of carbonyl (C=O) groups excluding carboxylic acids is 1. The third-order valence-electron chi connectivity index (χ3n) is 2.50. The number of hydrogen-bond acceptors (Lipinski definition) is 4. The van der Waals surface area contributed by atoms with Crippen molar-refractivity contribution in [1.82, 2.24) is 10.0 Å². The quantitative estimate of drug-likeness (QED) is 0.840. The molecule has 0 atom stereocenters. The number of hydrogen-bond donors (Lipinski definition) is 2. The van der Waals surface area contributed by atoms with Gasteiger partial charge in [-0.3, -0.25) is 4.79 Å². The molecule has 5 nitrogen and oxygen atoms in total. The molecule has 8 heteroatoms. The molecule has 0 unspecified atom stereocenters. The zero-order chi connectivity index (χ0) is 13.3. The molecule has 18 heavy (non-hydrogen) atoms. The highest BCUT2D eigenvalue weighted by Crippen LogP contribution is 2.29. The second-order valence-corrected chi connectivity index (χ2v) is 8.51. The van der Waals surface area contributed by atoms with E-state index in [1.807, 2.05) is 0 Å². The van der Waals surface area contributed by atoms with Gasteiger partial charge >= 0.3 is 0 Å². The number of carbonyl (C=O) groups is 1. The smallest absolute Gasteiger partial charge is 0.242 e. The minimum absolute atomic E-state index is 0.217. The third kappa shape index (κ3) is 3.53. The SMILES string of the molecule is Cc1sc(Br)cc1S(=O)(=O)NCC(=O)NC1CC1. The van der Waals surface area contributed by atoms with Crippen molar-refractivity contribution in [3.8, 4) is 0 Å². The lowest BCUT2D eigenvalue weighted by Crippen LogP contribution is -2.37. The molecule has 0 aliphatic heterocycles. The van der Waals surface area contributed by atoms with Gasteiger partial charge in [-0.05, 0) is 41.8 Å². The van der Waals surface area contributed by atoms with E-state index >= 15 is 0 Å². The number of halogens is 1. The van der Waals surface area contributed by atoms with Crippen LogP contribution in [0.4, 0.5) is 0 Å². The molecule has 1 heterocycles. The lowest BCUT2D eigenvalue weighted by atomic mass is 10.5. The lowest BCUT2D eigenvalue weighted by Gasteiger charge is -2.06. The van der Waals surface area contributed by atoms with Crippen LogP contribution in [0.15, 0.2) is 14.7 Å². The molecule has 0 radical (unpaired) electrons. The van der Waals surface area contributed by atoms with E-state index in [4.69, 9.17) is 0 Å². The van der Waals surface area contributed by atoms with E-state index in [1.54, 1.807) is 13.0 Å². The monoisotopic (exact) mass is 352 g/mol. The van der Waals surface area contributed by atoms with Crippen molar-refractivity contribution in [2.45, 2.75) is 30.7 Å². The van der Waals surface area contributed by atoms with Crippen LogP contribution in [-0.4, -0.2) is 26.9 Å². The van der Waals surface area contributed by atoms with Crippen molar-refractivity contribution in [1.29, 1.82) is 0 Å². The largest absolute Gasteiger partial charge is 0.352 e. The summed E-state index contributed by atoms with van der Waals surface area (Å²) >= 11 is 4.59. The predicted octanol–water partition coefficient (Wildman–Crippen LogP) is 1.38. The van der Waals surface area contributed by atoms with Crippen LogP contribution >= 0.6 is 27.3 Å². The van der Waals surface area contributed by atoms with Crippen LogP contribution in [0.25, 0.3) is 0 Å². The number of sulfonamides is 1. The van der Waals surface area contributed by atoms with E-state index < -0.39 is 10.0 Å². The van der Waals surface area contributed by atoms with E-state index in [0.717, 1.165) is 16.6 Å². The zero-order valence-electron chi connectivity index (χ0n) is 9.70. The molecule has 0 saturated heterocycles. The Hall–Kier alpha value is -0.440. The summed E-state index contributed by atoms with van der Waals surface area (Å²) in [5, 5.41) is 2.73. The molecule has 2 rings (SSSR count). The highest BCUT2D eigenvalue weighted by Gasteiger charge is 2.25. The van der Waals surface area contributed by atoms with E-state index in [1.165, 1.54) is 11.3 Å². The molecule has 2 N–H and O–H groups in total. The predicted molar refractivity (Wildman–Crippen MR) is 73.1 cm³/mol. The Labute approximate surface area is 118 Å². The van der Waals surface area contributed by atoms with E-state index in [2.05, 4.69) is 26.0 Å². The minimum atomic E-state index is -3.61. The molecule has 1 aliphatic rings. The van der Waals surface area contributed by atoms with Gasteiger partial charge < -0.3 is 5.32 Å². The average Bonchev–Trinajstić information content (AvgIpc) is 3.00. The first-order valence-corrected chi connectivity index (χ1v) is 8.53. The molecule has 1 aliphatic carbocycles. The molecule has 0 aromatic carbocycles. The Kier molecular flexibility index (Phi) is 4.10. The summed E-state index contributed by atoms with van der Waals surface area (Å²) in [6, 6.07) is 1.78. The van der Waals surface area contributed by atoms with E-state index in [9.17, 15) is 13.2 Å². The molecule has 1 aromatic heterocycles. The van der Waals surface area contributed by atoms with Gasteiger partial charge in [-0.2, -0.15) is 0 Å². The Morgan fingerprint density at radius 2 is 2.22 bits per heavy atom. The van der Waals surface area contributed by atoms with Gasteiger partial charge in [0.05, 0.1) is 15.2 Å². The maximum absolute atomic E-state index is 12.0. The van der Waals surface area contributed by atoms with Gasteiger partial charge in [0.2, 0.25) is 15.9 Å². The molecule has 1 aromatic rings. The molecule has 0 spiro atoms. The van der Waals surface area contributed by atoms with E-state index in [-0.39, 0.29) is 23.4 Å². The highest BCUT2D eigenvalue weighted by molar-refractivity contribution is 9.11. The summed E-state index contributed by atoms with van der Waals surface area (Å²) in [5.41, 5.74) is 0. The molecular formula is C10H13BrN2O3S2. The fourth-order valence-corrected chi connectivity index (χ4v) is 4.84. The van der Waals surface area contributed by atoms with E-state index in [0.29, 0.717) is 4.88 Å². The van der Waals surface area contributed by atoms with Crippen molar-refractivity contribution in [2.24, 2.45) is 0 Å². The lowest BCUT2D eigenvalue weighted by molar-refractivity contribution is -0.120. The summed E-state index contributed by atoms with van der Waals surface area (Å²) in [6.07, 6.45) is 1.96. The summed E-state index contributed by atoms with van der Waals surface area (Å²) in [6.45, 7) is 1.51. The van der Waals surface area contributed by atoms with Crippen LogP contribution in [0.3, 0.4) is 0 Å². The Morgan fingerprint density at radius 1 is 1.56 bits per heavy atom. The summed E-state index contributed by atoms with van der Waals surface area (Å²) in [7, 11) is -3.61. The van der Waals surface area contributed by atoms with Gasteiger partial charge in [-0.1, -0.05) is 0 Å². The highest BCUT2D eigenvalue weighted by atomic mass is 79.9. The van der Waals surface area contributed by atoms with Crippen molar-refractivity contribution >= 4 is 43.2 Å². The number of rotatable bonds is 5. The van der Waals surface area contributed by atoms with Gasteiger partial charge in [-0.25, -0.2) is 13.1 Å². The van der Waals surface area contributed by atoms with Gasteiger partial charge in [-0.15, -0.1) is 11.3 Å². The second kappa shape index (κ2) is 5.28. The normalized spacial score (nSPS) is 15.7. The molecular weight excluding hydrogens is 340 g/mol. The number of thiophene rings is 1. The van der Waals surface area contributed by atoms with Gasteiger partial charge in [0.25, 0.3) is 0 Å². The van der Waals surface area contributed by atoms with Crippen LogP contribution in [0.2, 0.25) is 0 Å². The van der Waals surface area contributed by atoms with Crippen LogP contribution in [-0.2, 0) is 14.8 Å². The van der Waals surface area contributed by atoms with Crippen LogP contribution < -0.4 is 10.0 Å². The first kappa shape index (κ1) is 14.0. The number of aryl methyl sites for hydroxylation is 1. The van der Waals surface area contributed by atoms with Crippen molar-refractivity contribution in [3.05, 3.63) is 14.7 Å². The first-order valence-electron chi connectivity index (χ1n) is 5.43. The van der Waals surface area contributed by atoms with Gasteiger partial charge in [0.15, 0.2) is 0 Å². The van der Waals surface area contributed by atoms with Gasteiger partial charge in [0.1, 0.15) is 0 Å². The summed E-state index contributed by atoms with van der Waals surface area (Å²) in [4.78, 5) is 12.3. The topological polar surface area (TPSA) is 75.3 Å². The Balaban J connectivity index is 1.98. The maximum Gasteiger partial charge on any atom is 0.242 e. The molecule has 1 fully saturated rings.